The first-order valence-electron chi connectivity index (χ1n) is 8.59. The lowest BCUT2D eigenvalue weighted by atomic mass is 9.84. The molecule has 1 saturated heterocycles. The van der Waals surface area contributed by atoms with Crippen molar-refractivity contribution in [3.05, 3.63) is 24.2 Å². The summed E-state index contributed by atoms with van der Waals surface area (Å²) in [6, 6.07) is 5.08. The molecule has 118 valence electrons. The van der Waals surface area contributed by atoms with Crippen LogP contribution in [-0.4, -0.2) is 37.1 Å². The van der Waals surface area contributed by atoms with Gasteiger partial charge in [0.25, 0.3) is 0 Å². The quantitative estimate of drug-likeness (QED) is 0.845. The Morgan fingerprint density at radius 1 is 1.24 bits per heavy atom. The molecule has 21 heavy (non-hydrogen) atoms. The Morgan fingerprint density at radius 3 is 2.76 bits per heavy atom. The average molecular weight is 291 g/mol. The Hall–Kier alpha value is -0.840. The molecule has 1 aliphatic heterocycles. The number of furan rings is 1. The van der Waals surface area contributed by atoms with Gasteiger partial charge in [-0.05, 0) is 63.4 Å². The number of hydrogen-bond donors (Lipinski definition) is 2. The van der Waals surface area contributed by atoms with E-state index in [0.717, 1.165) is 18.8 Å². The Kier molecular flexibility index (Phi) is 5.33. The maximum absolute atomic E-state index is 5.95. The van der Waals surface area contributed by atoms with Crippen molar-refractivity contribution in [1.29, 1.82) is 0 Å². The minimum Gasteiger partial charge on any atom is -0.468 e. The summed E-state index contributed by atoms with van der Waals surface area (Å²) in [7, 11) is 0. The van der Waals surface area contributed by atoms with Crippen LogP contribution in [0.5, 0.6) is 0 Å². The zero-order chi connectivity index (χ0) is 14.5. The summed E-state index contributed by atoms with van der Waals surface area (Å²) >= 11 is 0. The van der Waals surface area contributed by atoms with Crippen LogP contribution in [0.3, 0.4) is 0 Å². The second-order valence-electron chi connectivity index (χ2n) is 6.57. The third kappa shape index (κ3) is 3.68. The first-order valence-corrected chi connectivity index (χ1v) is 8.59. The monoisotopic (exact) mass is 291 g/mol. The van der Waals surface area contributed by atoms with Crippen molar-refractivity contribution in [3.63, 3.8) is 0 Å². The van der Waals surface area contributed by atoms with Crippen LogP contribution in [0.25, 0.3) is 0 Å². The average Bonchev–Trinajstić information content (AvgIpc) is 3.22. The number of hydrogen-bond acceptors (Lipinski definition) is 4. The van der Waals surface area contributed by atoms with Gasteiger partial charge in [0.2, 0.25) is 0 Å². The lowest BCUT2D eigenvalue weighted by Gasteiger charge is -2.34. The molecule has 3 rings (SSSR count). The van der Waals surface area contributed by atoms with E-state index < -0.39 is 0 Å². The van der Waals surface area contributed by atoms with E-state index in [2.05, 4.69) is 16.3 Å². The predicted octanol–water partition coefficient (Wildman–Crippen LogP) is 2.52. The van der Waals surface area contributed by atoms with E-state index in [1.807, 2.05) is 6.07 Å². The van der Waals surface area contributed by atoms with Gasteiger partial charge in [-0.25, -0.2) is 0 Å². The molecule has 2 aliphatic rings. The van der Waals surface area contributed by atoms with Gasteiger partial charge in [-0.15, -0.1) is 0 Å². The van der Waals surface area contributed by atoms with Crippen molar-refractivity contribution in [2.24, 2.45) is 11.7 Å². The molecule has 3 atom stereocenters. The fourth-order valence-electron chi connectivity index (χ4n) is 3.97. The summed E-state index contributed by atoms with van der Waals surface area (Å²) in [5.74, 6) is 1.75. The minimum atomic E-state index is 0.378. The molecule has 3 unspecified atom stereocenters. The smallest absolute Gasteiger partial charge is 0.122 e. The van der Waals surface area contributed by atoms with Gasteiger partial charge >= 0.3 is 0 Å². The molecule has 0 amide bonds. The molecule has 0 spiro atoms. The molecule has 1 aromatic rings. The summed E-state index contributed by atoms with van der Waals surface area (Å²) < 4.78 is 5.69. The molecule has 1 aromatic heterocycles. The van der Waals surface area contributed by atoms with Gasteiger partial charge in [-0.1, -0.05) is 12.8 Å². The Labute approximate surface area is 128 Å². The largest absolute Gasteiger partial charge is 0.468 e. The third-order valence-corrected chi connectivity index (χ3v) is 5.24. The Bertz CT molecular complexity index is 400. The number of nitrogens with one attached hydrogen (secondary N) is 1. The topological polar surface area (TPSA) is 54.4 Å². The molecule has 1 saturated carbocycles. The number of rotatable bonds is 6. The molecule has 4 nitrogen and oxygen atoms in total. The summed E-state index contributed by atoms with van der Waals surface area (Å²) in [6.07, 6.45) is 9.65. The van der Waals surface area contributed by atoms with Crippen LogP contribution in [0.1, 0.15) is 50.3 Å². The Balaban J connectivity index is 1.61. The molecule has 0 aromatic carbocycles. The van der Waals surface area contributed by atoms with Gasteiger partial charge in [-0.3, -0.25) is 4.90 Å². The van der Waals surface area contributed by atoms with E-state index in [-0.39, 0.29) is 0 Å². The SMILES string of the molecule is NCC1CCCCC1NCC(c1ccco1)N1CCCC1. The highest BCUT2D eigenvalue weighted by Gasteiger charge is 2.28. The first kappa shape index (κ1) is 15.1. The van der Waals surface area contributed by atoms with Gasteiger partial charge in [0.15, 0.2) is 0 Å². The van der Waals surface area contributed by atoms with Crippen molar-refractivity contribution in [2.45, 2.75) is 50.6 Å². The molecule has 0 radical (unpaired) electrons. The van der Waals surface area contributed by atoms with E-state index in [1.54, 1.807) is 6.26 Å². The standard InChI is InChI=1S/C17H29N3O/c18-12-14-6-1-2-7-15(14)19-13-16(17-8-5-11-21-17)20-9-3-4-10-20/h5,8,11,14-16,19H,1-4,6-7,9-10,12-13,18H2. The molecule has 2 heterocycles. The van der Waals surface area contributed by atoms with Gasteiger partial charge in [-0.2, -0.15) is 0 Å². The van der Waals surface area contributed by atoms with E-state index in [0.29, 0.717) is 18.0 Å². The van der Waals surface area contributed by atoms with Gasteiger partial charge in [0.05, 0.1) is 12.3 Å². The fourth-order valence-corrected chi connectivity index (χ4v) is 3.97. The molecule has 3 N–H and O–H groups in total. The molecule has 0 bridgehead atoms. The van der Waals surface area contributed by atoms with Gasteiger partial charge in [0, 0.05) is 12.6 Å². The molecular weight excluding hydrogens is 262 g/mol. The lowest BCUT2D eigenvalue weighted by Crippen LogP contribution is -2.45. The van der Waals surface area contributed by atoms with Crippen LogP contribution in [0, 0.1) is 5.92 Å². The van der Waals surface area contributed by atoms with Crippen LogP contribution in [0.2, 0.25) is 0 Å². The van der Waals surface area contributed by atoms with E-state index in [9.17, 15) is 0 Å². The van der Waals surface area contributed by atoms with Crippen LogP contribution in [0.15, 0.2) is 22.8 Å². The minimum absolute atomic E-state index is 0.378. The van der Waals surface area contributed by atoms with Crippen LogP contribution < -0.4 is 11.1 Å². The van der Waals surface area contributed by atoms with E-state index in [4.69, 9.17) is 10.2 Å². The highest BCUT2D eigenvalue weighted by molar-refractivity contribution is 5.06. The van der Waals surface area contributed by atoms with E-state index >= 15 is 0 Å². The highest BCUT2D eigenvalue weighted by atomic mass is 16.3. The van der Waals surface area contributed by atoms with Gasteiger partial charge in [0.1, 0.15) is 5.76 Å². The third-order valence-electron chi connectivity index (χ3n) is 5.24. The molecular formula is C17H29N3O. The van der Waals surface area contributed by atoms with Crippen LogP contribution in [0.4, 0.5) is 0 Å². The van der Waals surface area contributed by atoms with Crippen LogP contribution >= 0.6 is 0 Å². The summed E-state index contributed by atoms with van der Waals surface area (Å²) in [4.78, 5) is 2.56. The summed E-state index contributed by atoms with van der Waals surface area (Å²) in [5, 5.41) is 3.81. The summed E-state index contributed by atoms with van der Waals surface area (Å²) in [5.41, 5.74) is 5.95. The zero-order valence-corrected chi connectivity index (χ0v) is 13.0. The van der Waals surface area contributed by atoms with Gasteiger partial charge < -0.3 is 15.5 Å². The number of nitrogens with two attached hydrogens (primary N) is 1. The second-order valence-corrected chi connectivity index (χ2v) is 6.57. The Morgan fingerprint density at radius 2 is 2.05 bits per heavy atom. The second kappa shape index (κ2) is 7.43. The normalized spacial score (nSPS) is 28.8. The van der Waals surface area contributed by atoms with E-state index in [1.165, 1.54) is 51.6 Å². The summed E-state index contributed by atoms with van der Waals surface area (Å²) in [6.45, 7) is 4.18. The van der Waals surface area contributed by atoms with Crippen LogP contribution in [-0.2, 0) is 0 Å². The van der Waals surface area contributed by atoms with Crippen molar-refractivity contribution < 1.29 is 4.42 Å². The maximum Gasteiger partial charge on any atom is 0.122 e. The molecule has 1 aliphatic carbocycles. The lowest BCUT2D eigenvalue weighted by molar-refractivity contribution is 0.186. The first-order chi connectivity index (χ1) is 10.4. The van der Waals surface area contributed by atoms with Crippen molar-refractivity contribution >= 4 is 0 Å². The van der Waals surface area contributed by atoms with Crippen molar-refractivity contribution in [1.82, 2.24) is 10.2 Å². The maximum atomic E-state index is 5.95. The number of nitrogens with zero attached hydrogens (tertiary/aromatic N) is 1. The predicted molar refractivity (Wildman–Crippen MR) is 85.1 cm³/mol. The number of likely N-dealkylation sites (tertiary alicyclic amines) is 1. The highest BCUT2D eigenvalue weighted by Crippen LogP contribution is 2.27. The molecule has 2 fully saturated rings. The molecule has 4 heteroatoms. The van der Waals surface area contributed by atoms with Crippen molar-refractivity contribution in [3.8, 4) is 0 Å². The fraction of sp³-hybridized carbons (Fsp3) is 0.765. The van der Waals surface area contributed by atoms with Crippen molar-refractivity contribution in [2.75, 3.05) is 26.2 Å². The zero-order valence-electron chi connectivity index (χ0n) is 13.0.